The first-order chi connectivity index (χ1) is 11.2. The molecule has 0 spiro atoms. The lowest BCUT2D eigenvalue weighted by Crippen LogP contribution is -2.14. The normalized spacial score (nSPS) is 10.6. The van der Waals surface area contributed by atoms with Gasteiger partial charge in [0, 0.05) is 12.4 Å². The fourth-order valence-corrected chi connectivity index (χ4v) is 2.71. The molecule has 6 heteroatoms. The van der Waals surface area contributed by atoms with Gasteiger partial charge in [-0.25, -0.2) is 4.98 Å². The molecule has 5 nitrogen and oxygen atoms in total. The SMILES string of the molecule is COc1cccc(N(C)c2nc(Cl)nc3ccccc23)c1OC. The van der Waals surface area contributed by atoms with Crippen LogP contribution in [-0.4, -0.2) is 31.2 Å². The Balaban J connectivity index is 2.20. The van der Waals surface area contributed by atoms with Crippen LogP contribution in [0.25, 0.3) is 10.9 Å². The monoisotopic (exact) mass is 329 g/mol. The molecule has 1 heterocycles. The van der Waals surface area contributed by atoms with Crippen molar-refractivity contribution in [2.45, 2.75) is 0 Å². The maximum Gasteiger partial charge on any atom is 0.224 e. The molecule has 0 aliphatic carbocycles. The van der Waals surface area contributed by atoms with E-state index in [0.29, 0.717) is 17.3 Å². The van der Waals surface area contributed by atoms with Gasteiger partial charge in [0.15, 0.2) is 11.5 Å². The van der Waals surface area contributed by atoms with Crippen LogP contribution < -0.4 is 14.4 Å². The molecule has 23 heavy (non-hydrogen) atoms. The van der Waals surface area contributed by atoms with E-state index in [4.69, 9.17) is 21.1 Å². The first-order valence-electron chi connectivity index (χ1n) is 7.02. The lowest BCUT2D eigenvalue weighted by Gasteiger charge is -2.23. The molecule has 3 rings (SSSR count). The van der Waals surface area contributed by atoms with E-state index in [1.807, 2.05) is 54.4 Å². The molecule has 0 unspecified atom stereocenters. The summed E-state index contributed by atoms with van der Waals surface area (Å²) in [5.41, 5.74) is 1.61. The molecule has 2 aromatic carbocycles. The van der Waals surface area contributed by atoms with Crippen LogP contribution in [0.1, 0.15) is 0 Å². The van der Waals surface area contributed by atoms with Gasteiger partial charge in [0.1, 0.15) is 5.82 Å². The lowest BCUT2D eigenvalue weighted by atomic mass is 10.2. The van der Waals surface area contributed by atoms with Gasteiger partial charge < -0.3 is 14.4 Å². The van der Waals surface area contributed by atoms with Crippen LogP contribution >= 0.6 is 11.6 Å². The molecule has 0 bridgehead atoms. The zero-order valence-corrected chi connectivity index (χ0v) is 13.8. The minimum Gasteiger partial charge on any atom is -0.493 e. The predicted molar refractivity (Wildman–Crippen MR) is 92.2 cm³/mol. The van der Waals surface area contributed by atoms with E-state index >= 15 is 0 Å². The number of aromatic nitrogens is 2. The van der Waals surface area contributed by atoms with Crippen molar-refractivity contribution in [3.05, 3.63) is 47.7 Å². The van der Waals surface area contributed by atoms with Crippen molar-refractivity contribution in [2.75, 3.05) is 26.2 Å². The van der Waals surface area contributed by atoms with Crippen LogP contribution in [0.15, 0.2) is 42.5 Å². The van der Waals surface area contributed by atoms with Crippen LogP contribution in [0, 0.1) is 0 Å². The molecule has 0 saturated heterocycles. The molecule has 0 aliphatic rings. The summed E-state index contributed by atoms with van der Waals surface area (Å²) >= 11 is 6.08. The Morgan fingerprint density at radius 3 is 2.48 bits per heavy atom. The molecule has 0 amide bonds. The fourth-order valence-electron chi connectivity index (χ4n) is 2.54. The first-order valence-corrected chi connectivity index (χ1v) is 7.40. The molecule has 0 aliphatic heterocycles. The van der Waals surface area contributed by atoms with Crippen LogP contribution in [0.2, 0.25) is 5.28 Å². The van der Waals surface area contributed by atoms with E-state index in [1.165, 1.54) is 0 Å². The molecule has 0 saturated carbocycles. The number of hydrogen-bond acceptors (Lipinski definition) is 5. The van der Waals surface area contributed by atoms with Gasteiger partial charge in [0.2, 0.25) is 5.28 Å². The molecule has 1 aromatic heterocycles. The van der Waals surface area contributed by atoms with Gasteiger partial charge in [-0.05, 0) is 35.9 Å². The number of para-hydroxylation sites is 2. The summed E-state index contributed by atoms with van der Waals surface area (Å²) in [5.74, 6) is 1.99. The average Bonchev–Trinajstić information content (AvgIpc) is 2.59. The largest absolute Gasteiger partial charge is 0.493 e. The number of rotatable bonds is 4. The van der Waals surface area contributed by atoms with Crippen molar-refractivity contribution in [2.24, 2.45) is 0 Å². The van der Waals surface area contributed by atoms with Gasteiger partial charge in [-0.1, -0.05) is 18.2 Å². The van der Waals surface area contributed by atoms with Gasteiger partial charge in [-0.2, -0.15) is 4.98 Å². The highest BCUT2D eigenvalue weighted by Crippen LogP contribution is 2.40. The summed E-state index contributed by atoms with van der Waals surface area (Å²) in [6.07, 6.45) is 0. The molecule has 0 fully saturated rings. The minimum atomic E-state index is 0.201. The second-order valence-electron chi connectivity index (χ2n) is 4.91. The zero-order chi connectivity index (χ0) is 16.4. The van der Waals surface area contributed by atoms with Crippen molar-refractivity contribution in [3.8, 4) is 11.5 Å². The number of halogens is 1. The molecular formula is C17H16ClN3O2. The van der Waals surface area contributed by atoms with Crippen LogP contribution in [0.4, 0.5) is 11.5 Å². The number of benzene rings is 2. The third-order valence-corrected chi connectivity index (χ3v) is 3.79. The third kappa shape index (κ3) is 2.75. The Kier molecular flexibility index (Phi) is 4.21. The van der Waals surface area contributed by atoms with Crippen molar-refractivity contribution in [1.29, 1.82) is 0 Å². The van der Waals surface area contributed by atoms with Crippen LogP contribution in [-0.2, 0) is 0 Å². The quantitative estimate of drug-likeness (QED) is 0.675. The number of ether oxygens (including phenoxy) is 2. The highest BCUT2D eigenvalue weighted by molar-refractivity contribution is 6.28. The molecule has 0 atom stereocenters. The molecule has 0 N–H and O–H groups in total. The maximum absolute atomic E-state index is 6.08. The van der Waals surface area contributed by atoms with Gasteiger partial charge >= 0.3 is 0 Å². The lowest BCUT2D eigenvalue weighted by molar-refractivity contribution is 0.355. The van der Waals surface area contributed by atoms with Gasteiger partial charge in [-0.3, -0.25) is 0 Å². The molecule has 118 valence electrons. The highest BCUT2D eigenvalue weighted by Gasteiger charge is 2.18. The molecule has 3 aromatic rings. The minimum absolute atomic E-state index is 0.201. The Morgan fingerprint density at radius 1 is 0.957 bits per heavy atom. The maximum atomic E-state index is 6.08. The second kappa shape index (κ2) is 6.30. The Morgan fingerprint density at radius 2 is 1.74 bits per heavy atom. The number of hydrogen-bond donors (Lipinski definition) is 0. The second-order valence-corrected chi connectivity index (χ2v) is 5.24. The van der Waals surface area contributed by atoms with E-state index in [0.717, 1.165) is 16.6 Å². The third-order valence-electron chi connectivity index (χ3n) is 3.62. The highest BCUT2D eigenvalue weighted by atomic mass is 35.5. The predicted octanol–water partition coefficient (Wildman–Crippen LogP) is 4.07. The first kappa shape index (κ1) is 15.4. The summed E-state index contributed by atoms with van der Waals surface area (Å²) < 4.78 is 10.9. The van der Waals surface area contributed by atoms with E-state index < -0.39 is 0 Å². The van der Waals surface area contributed by atoms with Crippen molar-refractivity contribution < 1.29 is 9.47 Å². The number of nitrogens with zero attached hydrogens (tertiary/aromatic N) is 3. The van der Waals surface area contributed by atoms with E-state index in [9.17, 15) is 0 Å². The molecular weight excluding hydrogens is 314 g/mol. The number of anilines is 2. The standard InChI is InChI=1S/C17H16ClN3O2/c1-21(13-9-6-10-14(22-2)15(13)23-3)16-11-7-4-5-8-12(11)19-17(18)20-16/h4-10H,1-3H3. The topological polar surface area (TPSA) is 47.5 Å². The van der Waals surface area contributed by atoms with Crippen LogP contribution in [0.3, 0.4) is 0 Å². The molecule has 0 radical (unpaired) electrons. The van der Waals surface area contributed by atoms with Crippen molar-refractivity contribution >= 4 is 34.0 Å². The van der Waals surface area contributed by atoms with Gasteiger partial charge in [-0.15, -0.1) is 0 Å². The van der Waals surface area contributed by atoms with E-state index in [2.05, 4.69) is 9.97 Å². The van der Waals surface area contributed by atoms with Gasteiger partial charge in [0.05, 0.1) is 25.4 Å². The van der Waals surface area contributed by atoms with E-state index in [-0.39, 0.29) is 5.28 Å². The van der Waals surface area contributed by atoms with Gasteiger partial charge in [0.25, 0.3) is 0 Å². The zero-order valence-electron chi connectivity index (χ0n) is 13.1. The average molecular weight is 330 g/mol. The Hall–Kier alpha value is -2.53. The summed E-state index contributed by atoms with van der Waals surface area (Å²) in [4.78, 5) is 10.6. The number of fused-ring (bicyclic) bond motifs is 1. The van der Waals surface area contributed by atoms with E-state index in [1.54, 1.807) is 14.2 Å². The summed E-state index contributed by atoms with van der Waals surface area (Å²) in [6, 6.07) is 13.4. The summed E-state index contributed by atoms with van der Waals surface area (Å²) in [7, 11) is 5.13. The van der Waals surface area contributed by atoms with Crippen molar-refractivity contribution in [3.63, 3.8) is 0 Å². The van der Waals surface area contributed by atoms with Crippen molar-refractivity contribution in [1.82, 2.24) is 9.97 Å². The number of methoxy groups -OCH3 is 2. The summed E-state index contributed by atoms with van der Waals surface area (Å²) in [6.45, 7) is 0. The Labute approximate surface area is 139 Å². The van der Waals surface area contributed by atoms with Crippen LogP contribution in [0.5, 0.6) is 11.5 Å². The summed E-state index contributed by atoms with van der Waals surface area (Å²) in [5, 5.41) is 1.11. The Bertz CT molecular complexity index is 854. The smallest absolute Gasteiger partial charge is 0.224 e. The fraction of sp³-hybridized carbons (Fsp3) is 0.176.